The molecule has 0 unspecified atom stereocenters. The van der Waals surface area contributed by atoms with Gasteiger partial charge in [0.1, 0.15) is 0 Å². The number of carbonyl (C=O) groups is 1. The molecule has 1 saturated carbocycles. The van der Waals surface area contributed by atoms with E-state index in [1.807, 2.05) is 0 Å². The summed E-state index contributed by atoms with van der Waals surface area (Å²) in [4.78, 5) is 12.1. The van der Waals surface area contributed by atoms with E-state index in [1.54, 1.807) is 0 Å². The summed E-state index contributed by atoms with van der Waals surface area (Å²) in [6.07, 6.45) is 5.87. The first-order valence-corrected chi connectivity index (χ1v) is 6.58. The zero-order valence-electron chi connectivity index (χ0n) is 10.9. The van der Waals surface area contributed by atoms with Gasteiger partial charge in [0, 0.05) is 17.5 Å². The summed E-state index contributed by atoms with van der Waals surface area (Å²) in [5, 5.41) is 3.20. The van der Waals surface area contributed by atoms with Crippen LogP contribution >= 0.6 is 0 Å². The number of nitrogens with two attached hydrogens (primary N) is 1. The summed E-state index contributed by atoms with van der Waals surface area (Å²) in [6, 6.07) is 0.313. The molecule has 0 bridgehead atoms. The maximum absolute atomic E-state index is 12.1. The number of nitrogens with one attached hydrogen (secondary N) is 1. The van der Waals surface area contributed by atoms with Crippen LogP contribution in [0.15, 0.2) is 0 Å². The van der Waals surface area contributed by atoms with Gasteiger partial charge in [-0.25, -0.2) is 0 Å². The van der Waals surface area contributed by atoms with Gasteiger partial charge in [-0.3, -0.25) is 4.79 Å². The van der Waals surface area contributed by atoms with Gasteiger partial charge in [-0.2, -0.15) is 0 Å². The van der Waals surface area contributed by atoms with Crippen LogP contribution in [0.25, 0.3) is 0 Å². The third-order valence-electron chi connectivity index (χ3n) is 4.13. The van der Waals surface area contributed by atoms with E-state index in [4.69, 9.17) is 5.73 Å². The van der Waals surface area contributed by atoms with Crippen molar-refractivity contribution in [2.75, 3.05) is 0 Å². The smallest absolute Gasteiger partial charge is 0.223 e. The number of hydrogen-bond acceptors (Lipinski definition) is 2. The van der Waals surface area contributed by atoms with Gasteiger partial charge in [0.25, 0.3) is 0 Å². The lowest BCUT2D eigenvalue weighted by atomic mass is 9.85. The summed E-state index contributed by atoms with van der Waals surface area (Å²) in [5.74, 6) is 0.426. The van der Waals surface area contributed by atoms with Gasteiger partial charge in [-0.15, -0.1) is 0 Å². The van der Waals surface area contributed by atoms with Gasteiger partial charge in [0.15, 0.2) is 0 Å². The van der Waals surface area contributed by atoms with Crippen molar-refractivity contribution in [3.63, 3.8) is 0 Å². The largest absolute Gasteiger partial charge is 0.351 e. The van der Waals surface area contributed by atoms with Gasteiger partial charge in [-0.1, -0.05) is 13.8 Å². The maximum Gasteiger partial charge on any atom is 0.223 e. The summed E-state index contributed by atoms with van der Waals surface area (Å²) < 4.78 is 0. The molecule has 1 aliphatic carbocycles. The van der Waals surface area contributed by atoms with Crippen molar-refractivity contribution in [1.82, 2.24) is 5.32 Å². The summed E-state index contributed by atoms with van der Waals surface area (Å²) in [5.41, 5.74) is 5.81. The molecule has 0 atom stereocenters. The van der Waals surface area contributed by atoms with Crippen molar-refractivity contribution in [2.45, 2.75) is 70.9 Å². The predicted molar refractivity (Wildman–Crippen MR) is 67.1 cm³/mol. The average molecular weight is 226 g/mol. The second-order valence-corrected chi connectivity index (χ2v) is 5.37. The molecule has 94 valence electrons. The normalized spacial score (nSPS) is 26.5. The minimum absolute atomic E-state index is 0.0311. The molecule has 0 aromatic rings. The predicted octanol–water partition coefficient (Wildman–Crippen LogP) is 2.20. The Labute approximate surface area is 99.2 Å². The second-order valence-electron chi connectivity index (χ2n) is 5.37. The van der Waals surface area contributed by atoms with Crippen molar-refractivity contribution in [3.8, 4) is 0 Å². The second kappa shape index (κ2) is 5.67. The fourth-order valence-corrected chi connectivity index (χ4v) is 2.21. The SMILES string of the molecule is CCC(C)(CC)NC(=O)C1CCC(N)CC1. The van der Waals surface area contributed by atoms with Crippen molar-refractivity contribution in [2.24, 2.45) is 11.7 Å². The molecule has 16 heavy (non-hydrogen) atoms. The van der Waals surface area contributed by atoms with Crippen LogP contribution in [0.4, 0.5) is 0 Å². The van der Waals surface area contributed by atoms with Crippen molar-refractivity contribution in [3.05, 3.63) is 0 Å². The topological polar surface area (TPSA) is 55.1 Å². The molecular weight excluding hydrogens is 200 g/mol. The Kier molecular flexibility index (Phi) is 4.78. The zero-order chi connectivity index (χ0) is 12.2. The van der Waals surface area contributed by atoms with Gasteiger partial charge in [0.05, 0.1) is 0 Å². The van der Waals surface area contributed by atoms with Crippen LogP contribution in [-0.4, -0.2) is 17.5 Å². The van der Waals surface area contributed by atoms with E-state index in [0.717, 1.165) is 38.5 Å². The van der Waals surface area contributed by atoms with Crippen molar-refractivity contribution >= 4 is 5.91 Å². The van der Waals surface area contributed by atoms with Crippen molar-refractivity contribution < 1.29 is 4.79 Å². The molecule has 0 spiro atoms. The molecule has 1 aliphatic rings. The molecule has 3 heteroatoms. The van der Waals surface area contributed by atoms with Gasteiger partial charge < -0.3 is 11.1 Å². The van der Waals surface area contributed by atoms with Crippen LogP contribution in [0.3, 0.4) is 0 Å². The number of hydrogen-bond donors (Lipinski definition) is 2. The molecule has 3 N–H and O–H groups in total. The molecule has 0 saturated heterocycles. The molecule has 1 rings (SSSR count). The maximum atomic E-state index is 12.1. The van der Waals surface area contributed by atoms with E-state index in [9.17, 15) is 4.79 Å². The first-order chi connectivity index (χ1) is 7.50. The van der Waals surface area contributed by atoms with E-state index >= 15 is 0 Å². The molecule has 0 aromatic heterocycles. The Morgan fingerprint density at radius 1 is 1.25 bits per heavy atom. The Balaban J connectivity index is 2.46. The van der Waals surface area contributed by atoms with Crippen LogP contribution in [0.1, 0.15) is 59.3 Å². The molecule has 0 aliphatic heterocycles. The lowest BCUT2D eigenvalue weighted by Gasteiger charge is -2.32. The third kappa shape index (κ3) is 3.48. The summed E-state index contributed by atoms with van der Waals surface area (Å²) >= 11 is 0. The quantitative estimate of drug-likeness (QED) is 0.772. The first-order valence-electron chi connectivity index (χ1n) is 6.58. The van der Waals surface area contributed by atoms with Gasteiger partial charge in [-0.05, 0) is 45.4 Å². The number of amides is 1. The minimum Gasteiger partial charge on any atom is -0.351 e. The molecule has 1 fully saturated rings. The monoisotopic (exact) mass is 226 g/mol. The molecule has 0 heterocycles. The van der Waals surface area contributed by atoms with E-state index in [0.29, 0.717) is 6.04 Å². The zero-order valence-corrected chi connectivity index (χ0v) is 10.9. The van der Waals surface area contributed by atoms with E-state index < -0.39 is 0 Å². The summed E-state index contributed by atoms with van der Waals surface area (Å²) in [6.45, 7) is 6.38. The number of carbonyl (C=O) groups excluding carboxylic acids is 1. The van der Waals surface area contributed by atoms with Gasteiger partial charge in [0.2, 0.25) is 5.91 Å². The highest BCUT2D eigenvalue weighted by atomic mass is 16.2. The van der Waals surface area contributed by atoms with Crippen LogP contribution < -0.4 is 11.1 Å². The van der Waals surface area contributed by atoms with Crippen molar-refractivity contribution in [1.29, 1.82) is 0 Å². The molecular formula is C13H26N2O. The summed E-state index contributed by atoms with van der Waals surface area (Å²) in [7, 11) is 0. The van der Waals surface area contributed by atoms with E-state index in [1.165, 1.54) is 0 Å². The lowest BCUT2D eigenvalue weighted by Crippen LogP contribution is -2.48. The third-order valence-corrected chi connectivity index (χ3v) is 4.13. The fraction of sp³-hybridized carbons (Fsp3) is 0.923. The van der Waals surface area contributed by atoms with E-state index in [2.05, 4.69) is 26.1 Å². The van der Waals surface area contributed by atoms with Gasteiger partial charge >= 0.3 is 0 Å². The fourth-order valence-electron chi connectivity index (χ4n) is 2.21. The minimum atomic E-state index is -0.0311. The van der Waals surface area contributed by atoms with Crippen LogP contribution in [0.2, 0.25) is 0 Å². The van der Waals surface area contributed by atoms with Crippen LogP contribution in [0.5, 0.6) is 0 Å². The Morgan fingerprint density at radius 3 is 2.19 bits per heavy atom. The standard InChI is InChI=1S/C13H26N2O/c1-4-13(3,5-2)15-12(16)10-6-8-11(14)9-7-10/h10-11H,4-9,14H2,1-3H3,(H,15,16). The Hall–Kier alpha value is -0.570. The Morgan fingerprint density at radius 2 is 1.75 bits per heavy atom. The molecule has 0 aromatic carbocycles. The highest BCUT2D eigenvalue weighted by Gasteiger charge is 2.29. The highest BCUT2D eigenvalue weighted by Crippen LogP contribution is 2.24. The highest BCUT2D eigenvalue weighted by molar-refractivity contribution is 5.79. The average Bonchev–Trinajstić information content (AvgIpc) is 2.29. The molecule has 3 nitrogen and oxygen atoms in total. The lowest BCUT2D eigenvalue weighted by molar-refractivity contribution is -0.127. The molecule has 0 radical (unpaired) electrons. The van der Waals surface area contributed by atoms with Crippen LogP contribution in [-0.2, 0) is 4.79 Å². The molecule has 1 amide bonds. The first kappa shape index (κ1) is 13.5. The van der Waals surface area contributed by atoms with Crippen LogP contribution in [0, 0.1) is 5.92 Å². The number of rotatable bonds is 4. The van der Waals surface area contributed by atoms with E-state index in [-0.39, 0.29) is 17.4 Å². The Bertz CT molecular complexity index is 228.